The molecule has 0 aliphatic rings. The van der Waals surface area contributed by atoms with Crippen molar-refractivity contribution in [3.8, 4) is 0 Å². The zero-order valence-electron chi connectivity index (χ0n) is 15.2. The second kappa shape index (κ2) is 5.80. The quantitative estimate of drug-likeness (QED) is 0.518. The SMILES string of the molecule is [2H]c1c([2H])c([2H])c(C([2H])([2H])CN=C(N)NC(C)=N)c([2H])c1[2H]. The molecule has 4 N–H and O–H groups in total. The minimum atomic E-state index is -2.31. The molecule has 0 aliphatic heterocycles. The van der Waals surface area contributed by atoms with Crippen molar-refractivity contribution < 1.29 is 9.60 Å². The molecule has 0 spiro atoms. The lowest BCUT2D eigenvalue weighted by molar-refractivity contribution is 0.955. The van der Waals surface area contributed by atoms with Crippen molar-refractivity contribution in [1.82, 2.24) is 5.32 Å². The van der Waals surface area contributed by atoms with Crippen molar-refractivity contribution in [3.63, 3.8) is 0 Å². The molecule has 0 saturated heterocycles. The van der Waals surface area contributed by atoms with E-state index in [1.807, 2.05) is 0 Å². The lowest BCUT2D eigenvalue weighted by atomic mass is 10.2. The van der Waals surface area contributed by atoms with Crippen LogP contribution in [0.5, 0.6) is 0 Å². The monoisotopic (exact) mass is 211 g/mol. The fourth-order valence-electron chi connectivity index (χ4n) is 0.774. The van der Waals surface area contributed by atoms with Crippen LogP contribution >= 0.6 is 0 Å². The van der Waals surface area contributed by atoms with E-state index in [1.165, 1.54) is 6.92 Å². The summed E-state index contributed by atoms with van der Waals surface area (Å²) >= 11 is 0. The molecule has 0 heterocycles. The molecule has 0 fully saturated rings. The van der Waals surface area contributed by atoms with Gasteiger partial charge >= 0.3 is 0 Å². The van der Waals surface area contributed by atoms with Crippen LogP contribution in [0, 0.1) is 5.41 Å². The van der Waals surface area contributed by atoms with E-state index in [2.05, 4.69) is 10.3 Å². The summed E-state index contributed by atoms with van der Waals surface area (Å²) in [6.07, 6.45) is -2.31. The maximum Gasteiger partial charge on any atom is 0.194 e. The van der Waals surface area contributed by atoms with Gasteiger partial charge in [-0.1, -0.05) is 30.2 Å². The first-order valence-electron chi connectivity index (χ1n) is 7.68. The summed E-state index contributed by atoms with van der Waals surface area (Å²) in [6, 6.07) is -3.02. The second-order valence-electron chi connectivity index (χ2n) is 2.63. The standard InChI is InChI=1S/C11H16N4/c1-9(12)15-11(13)14-8-7-10-5-3-2-4-6-10/h2-6H,7-8H2,1H3,(H4,12,13,14,15)/i2D,3D,4D,5D,6D,7D2. The number of aliphatic imine (C=N–C) groups is 1. The average Bonchev–Trinajstić information content (AvgIpc) is 2.40. The van der Waals surface area contributed by atoms with E-state index in [1.54, 1.807) is 0 Å². The van der Waals surface area contributed by atoms with E-state index < -0.39 is 48.7 Å². The number of amidine groups is 1. The first-order chi connectivity index (χ1) is 9.99. The molecule has 0 unspecified atom stereocenters. The molecule has 4 nitrogen and oxygen atoms in total. The fourth-order valence-corrected chi connectivity index (χ4v) is 0.774. The Morgan fingerprint density at radius 1 is 1.60 bits per heavy atom. The molecule has 80 valence electrons. The normalized spacial score (nSPS) is 18.7. The Kier molecular flexibility index (Phi) is 1.85. The molecule has 0 amide bonds. The summed E-state index contributed by atoms with van der Waals surface area (Å²) < 4.78 is 54.0. The van der Waals surface area contributed by atoms with E-state index in [4.69, 9.17) is 20.7 Å². The minimum absolute atomic E-state index is 0.0182. The van der Waals surface area contributed by atoms with Crippen LogP contribution in [0.1, 0.15) is 22.1 Å². The third-order valence-electron chi connectivity index (χ3n) is 1.32. The number of guanidine groups is 1. The molecule has 0 aliphatic carbocycles. The van der Waals surface area contributed by atoms with Gasteiger partial charge in [0.05, 0.1) is 12.7 Å². The van der Waals surface area contributed by atoms with Gasteiger partial charge in [-0.2, -0.15) is 0 Å². The Bertz CT molecular complexity index is 613. The number of nitrogens with one attached hydrogen (secondary N) is 2. The summed E-state index contributed by atoms with van der Waals surface area (Å²) in [5.41, 5.74) is 4.98. The summed E-state index contributed by atoms with van der Waals surface area (Å²) in [5.74, 6) is -0.173. The topological polar surface area (TPSA) is 74.3 Å². The van der Waals surface area contributed by atoms with Gasteiger partial charge in [0.25, 0.3) is 0 Å². The maximum absolute atomic E-state index is 7.94. The number of nitrogens with two attached hydrogens (primary N) is 1. The third-order valence-corrected chi connectivity index (χ3v) is 1.32. The number of nitrogens with zero attached hydrogens (tertiary/aromatic N) is 1. The maximum atomic E-state index is 7.94. The summed E-state index contributed by atoms with van der Waals surface area (Å²) in [4.78, 5) is 3.71. The smallest absolute Gasteiger partial charge is 0.194 e. The van der Waals surface area contributed by atoms with Gasteiger partial charge in [-0.05, 0) is 18.9 Å². The van der Waals surface area contributed by atoms with E-state index in [9.17, 15) is 0 Å². The zero-order valence-corrected chi connectivity index (χ0v) is 8.23. The highest BCUT2D eigenvalue weighted by Gasteiger charge is 1.92. The van der Waals surface area contributed by atoms with E-state index >= 15 is 0 Å². The van der Waals surface area contributed by atoms with Gasteiger partial charge in [0.2, 0.25) is 0 Å². The van der Waals surface area contributed by atoms with Gasteiger partial charge in [0.1, 0.15) is 0 Å². The molecule has 1 aromatic carbocycles. The van der Waals surface area contributed by atoms with Crippen molar-refractivity contribution in [1.29, 1.82) is 5.41 Å². The molecule has 0 bridgehead atoms. The number of hydrogen-bond acceptors (Lipinski definition) is 2. The first-order valence-corrected chi connectivity index (χ1v) is 4.18. The molecule has 4 heteroatoms. The van der Waals surface area contributed by atoms with Crippen molar-refractivity contribution in [2.75, 3.05) is 6.54 Å². The fraction of sp³-hybridized carbons (Fsp3) is 0.273. The van der Waals surface area contributed by atoms with Crippen LogP contribution in [0.3, 0.4) is 0 Å². The molecule has 1 aromatic rings. The van der Waals surface area contributed by atoms with E-state index in [-0.39, 0.29) is 11.8 Å². The first kappa shape index (κ1) is 4.79. The lowest BCUT2D eigenvalue weighted by Crippen LogP contribution is -2.35. The van der Waals surface area contributed by atoms with Crippen molar-refractivity contribution in [2.24, 2.45) is 10.7 Å². The van der Waals surface area contributed by atoms with Crippen LogP contribution < -0.4 is 11.1 Å². The van der Waals surface area contributed by atoms with Crippen LogP contribution in [-0.4, -0.2) is 18.3 Å². The van der Waals surface area contributed by atoms with Crippen molar-refractivity contribution >= 4 is 11.8 Å². The minimum Gasteiger partial charge on any atom is -0.370 e. The van der Waals surface area contributed by atoms with Crippen molar-refractivity contribution in [3.05, 3.63) is 35.8 Å². The lowest BCUT2D eigenvalue weighted by Gasteiger charge is -2.02. The number of benzene rings is 1. The van der Waals surface area contributed by atoms with Gasteiger partial charge in [0.15, 0.2) is 5.96 Å². The Hall–Kier alpha value is -1.84. The highest BCUT2D eigenvalue weighted by molar-refractivity contribution is 5.96. The Morgan fingerprint density at radius 2 is 2.27 bits per heavy atom. The molecular weight excluding hydrogens is 188 g/mol. The molecule has 0 radical (unpaired) electrons. The van der Waals surface area contributed by atoms with Crippen molar-refractivity contribution in [2.45, 2.75) is 13.3 Å². The molecule has 0 atom stereocenters. The molecular formula is C11H16N4. The van der Waals surface area contributed by atoms with Gasteiger partial charge in [-0.3, -0.25) is 10.4 Å². The van der Waals surface area contributed by atoms with Crippen LogP contribution in [0.2, 0.25) is 0 Å². The largest absolute Gasteiger partial charge is 0.370 e. The highest BCUT2D eigenvalue weighted by Crippen LogP contribution is 1.98. The molecule has 0 saturated carbocycles. The van der Waals surface area contributed by atoms with E-state index in [0.717, 1.165) is 0 Å². The molecule has 0 aromatic heterocycles. The van der Waals surface area contributed by atoms with E-state index in [0.29, 0.717) is 0 Å². The summed E-state index contributed by atoms with van der Waals surface area (Å²) in [5, 5.41) is 9.55. The van der Waals surface area contributed by atoms with Crippen LogP contribution in [0.15, 0.2) is 35.2 Å². The average molecular weight is 211 g/mol. The highest BCUT2D eigenvalue weighted by atomic mass is 15.1. The van der Waals surface area contributed by atoms with Gasteiger partial charge in [0, 0.05) is 9.29 Å². The second-order valence-corrected chi connectivity index (χ2v) is 2.63. The summed E-state index contributed by atoms with van der Waals surface area (Å²) in [7, 11) is 0. The van der Waals surface area contributed by atoms with Crippen LogP contribution in [0.4, 0.5) is 0 Å². The van der Waals surface area contributed by atoms with Crippen LogP contribution in [0.25, 0.3) is 0 Å². The van der Waals surface area contributed by atoms with Gasteiger partial charge < -0.3 is 11.1 Å². The molecule has 15 heavy (non-hydrogen) atoms. The summed E-state index contributed by atoms with van der Waals surface area (Å²) in [6.45, 7) is 0.875. The van der Waals surface area contributed by atoms with Gasteiger partial charge in [-0.15, -0.1) is 0 Å². The Balaban J connectivity index is 3.27. The Labute approximate surface area is 99.6 Å². The van der Waals surface area contributed by atoms with Crippen LogP contribution in [-0.2, 0) is 6.37 Å². The zero-order chi connectivity index (χ0) is 17.2. The molecule has 1 rings (SSSR count). The predicted molar refractivity (Wildman–Crippen MR) is 63.2 cm³/mol. The number of hydrogen-bond donors (Lipinski definition) is 3. The van der Waals surface area contributed by atoms with Gasteiger partial charge in [-0.25, -0.2) is 0 Å². The Morgan fingerprint density at radius 3 is 2.87 bits per heavy atom. The predicted octanol–water partition coefficient (Wildman–Crippen LogP) is 1.13. The number of rotatable bonds is 3. The third kappa shape index (κ3) is 4.81.